The van der Waals surface area contributed by atoms with Gasteiger partial charge in [-0.2, -0.15) is 0 Å². The van der Waals surface area contributed by atoms with E-state index in [1.54, 1.807) is 0 Å². The van der Waals surface area contributed by atoms with Crippen LogP contribution < -0.4 is 0 Å². The summed E-state index contributed by atoms with van der Waals surface area (Å²) in [6.45, 7) is 2.14. The van der Waals surface area contributed by atoms with E-state index in [0.717, 1.165) is 19.1 Å². The molecule has 1 aromatic rings. The maximum atomic E-state index is 11.0. The minimum absolute atomic E-state index is 0.0750. The van der Waals surface area contributed by atoms with Crippen LogP contribution in [0.1, 0.15) is 18.1 Å². The van der Waals surface area contributed by atoms with Crippen LogP contribution in [0.5, 0.6) is 0 Å². The summed E-state index contributed by atoms with van der Waals surface area (Å²) in [4.78, 5) is 9.00. The van der Waals surface area contributed by atoms with Crippen LogP contribution >= 0.6 is 7.82 Å². The summed E-state index contributed by atoms with van der Waals surface area (Å²) in [7, 11) is -2.72. The first-order valence-electron chi connectivity index (χ1n) is 4.68. The van der Waals surface area contributed by atoms with E-state index in [1.807, 2.05) is 24.3 Å². The van der Waals surface area contributed by atoms with Gasteiger partial charge in [0.15, 0.2) is 0 Å². The van der Waals surface area contributed by atoms with Crippen molar-refractivity contribution >= 4 is 7.82 Å². The molecular weight excluding hydrogens is 215 g/mol. The average Bonchev–Trinajstić information content (AvgIpc) is 2.27. The van der Waals surface area contributed by atoms with Gasteiger partial charge in [0, 0.05) is 7.11 Å². The molecule has 0 saturated carbocycles. The lowest BCUT2D eigenvalue weighted by atomic mass is 10.1. The Labute approximate surface area is 89.5 Å². The van der Waals surface area contributed by atoms with Gasteiger partial charge in [0.25, 0.3) is 0 Å². The van der Waals surface area contributed by atoms with Gasteiger partial charge in [0.05, 0.1) is 6.61 Å². The van der Waals surface area contributed by atoms with Gasteiger partial charge < -0.3 is 4.89 Å². The summed E-state index contributed by atoms with van der Waals surface area (Å²) in [5, 5.41) is 0. The molecule has 1 aromatic carbocycles. The summed E-state index contributed by atoms with van der Waals surface area (Å²) < 4.78 is 20.0. The molecule has 0 aromatic heterocycles. The van der Waals surface area contributed by atoms with Gasteiger partial charge in [-0.05, 0) is 17.5 Å². The zero-order valence-corrected chi connectivity index (χ0v) is 9.74. The number of rotatable bonds is 5. The molecule has 0 bridgehead atoms. The monoisotopic (exact) mass is 230 g/mol. The topological polar surface area (TPSA) is 55.8 Å². The van der Waals surface area contributed by atoms with Crippen LogP contribution in [0.4, 0.5) is 0 Å². The minimum atomic E-state index is -3.86. The van der Waals surface area contributed by atoms with E-state index in [0.29, 0.717) is 0 Å². The van der Waals surface area contributed by atoms with Crippen LogP contribution in [0.15, 0.2) is 24.3 Å². The predicted octanol–water partition coefficient (Wildman–Crippen LogP) is 2.51. The molecule has 1 N–H and O–H groups in total. The van der Waals surface area contributed by atoms with Crippen molar-refractivity contribution in [2.75, 3.05) is 7.11 Å². The molecule has 5 heteroatoms. The Hall–Kier alpha value is -0.670. The first-order chi connectivity index (χ1) is 7.07. The van der Waals surface area contributed by atoms with E-state index in [4.69, 9.17) is 9.42 Å². The molecule has 1 rings (SSSR count). The molecule has 0 aliphatic carbocycles. The van der Waals surface area contributed by atoms with Crippen molar-refractivity contribution in [2.24, 2.45) is 0 Å². The Kier molecular flexibility index (Phi) is 4.48. The molecular formula is C10H15O4P. The van der Waals surface area contributed by atoms with Crippen molar-refractivity contribution in [1.29, 1.82) is 0 Å². The smallest absolute Gasteiger partial charge is 0.302 e. The van der Waals surface area contributed by atoms with Crippen molar-refractivity contribution < 1.29 is 18.5 Å². The Morgan fingerprint density at radius 1 is 1.27 bits per heavy atom. The number of phosphoric ester groups is 1. The molecule has 0 aliphatic heterocycles. The van der Waals surface area contributed by atoms with Crippen LogP contribution in [0, 0.1) is 0 Å². The van der Waals surface area contributed by atoms with E-state index < -0.39 is 7.82 Å². The molecule has 1 unspecified atom stereocenters. The second-order valence-electron chi connectivity index (χ2n) is 3.09. The summed E-state index contributed by atoms with van der Waals surface area (Å²) in [6.07, 6.45) is 0.970. The number of aryl methyl sites for hydroxylation is 1. The summed E-state index contributed by atoms with van der Waals surface area (Å²) in [5.41, 5.74) is 2.07. The van der Waals surface area contributed by atoms with Crippen molar-refractivity contribution in [2.45, 2.75) is 20.0 Å². The van der Waals surface area contributed by atoms with Crippen molar-refractivity contribution in [3.8, 4) is 0 Å². The maximum Gasteiger partial charge on any atom is 0.472 e. The van der Waals surface area contributed by atoms with E-state index in [9.17, 15) is 4.57 Å². The molecule has 0 spiro atoms. The number of hydrogen-bond donors (Lipinski definition) is 1. The molecule has 1 atom stereocenters. The third-order valence-corrected chi connectivity index (χ3v) is 2.97. The van der Waals surface area contributed by atoms with E-state index in [-0.39, 0.29) is 6.61 Å². The van der Waals surface area contributed by atoms with Crippen LogP contribution in [-0.2, 0) is 26.6 Å². The zero-order valence-electron chi connectivity index (χ0n) is 8.84. The molecule has 0 amide bonds. The van der Waals surface area contributed by atoms with E-state index in [2.05, 4.69) is 11.4 Å². The molecule has 0 aliphatic rings. The van der Waals surface area contributed by atoms with Gasteiger partial charge in [0.1, 0.15) is 0 Å². The largest absolute Gasteiger partial charge is 0.472 e. The van der Waals surface area contributed by atoms with Crippen LogP contribution in [-0.4, -0.2) is 12.0 Å². The minimum Gasteiger partial charge on any atom is -0.302 e. The lowest BCUT2D eigenvalue weighted by Gasteiger charge is -2.09. The lowest BCUT2D eigenvalue weighted by Crippen LogP contribution is -1.93. The van der Waals surface area contributed by atoms with Crippen LogP contribution in [0.25, 0.3) is 0 Å². The van der Waals surface area contributed by atoms with E-state index >= 15 is 0 Å². The predicted molar refractivity (Wildman–Crippen MR) is 57.4 cm³/mol. The number of benzene rings is 1. The molecule has 0 radical (unpaired) electrons. The maximum absolute atomic E-state index is 11.0. The van der Waals surface area contributed by atoms with Gasteiger partial charge in [-0.25, -0.2) is 4.57 Å². The first-order valence-corrected chi connectivity index (χ1v) is 6.18. The first kappa shape index (κ1) is 12.4. The second kappa shape index (κ2) is 5.42. The Morgan fingerprint density at radius 2 is 1.80 bits per heavy atom. The molecule has 84 valence electrons. The number of hydrogen-bond acceptors (Lipinski definition) is 3. The SMILES string of the molecule is CCc1ccc(COP(=O)(O)OC)cc1. The Morgan fingerprint density at radius 3 is 2.27 bits per heavy atom. The standard InChI is InChI=1S/C10H15O4P/c1-3-9-4-6-10(7-5-9)8-14-15(11,12)13-2/h4-7H,3,8H2,1-2H3,(H,11,12). The highest BCUT2D eigenvalue weighted by molar-refractivity contribution is 7.47. The fourth-order valence-electron chi connectivity index (χ4n) is 1.08. The molecule has 15 heavy (non-hydrogen) atoms. The summed E-state index contributed by atoms with van der Waals surface area (Å²) >= 11 is 0. The Bertz CT molecular complexity index is 347. The highest BCUT2D eigenvalue weighted by Gasteiger charge is 2.17. The van der Waals surface area contributed by atoms with E-state index in [1.165, 1.54) is 5.56 Å². The second-order valence-corrected chi connectivity index (χ2v) is 4.66. The molecule has 4 nitrogen and oxygen atoms in total. The van der Waals surface area contributed by atoms with Gasteiger partial charge in [0.2, 0.25) is 0 Å². The average molecular weight is 230 g/mol. The van der Waals surface area contributed by atoms with Crippen molar-refractivity contribution in [3.63, 3.8) is 0 Å². The third-order valence-electron chi connectivity index (χ3n) is 2.06. The Balaban J connectivity index is 2.55. The van der Waals surface area contributed by atoms with Crippen LogP contribution in [0.2, 0.25) is 0 Å². The summed E-state index contributed by atoms with van der Waals surface area (Å²) in [5.74, 6) is 0. The zero-order chi connectivity index (χ0) is 11.3. The normalized spacial score (nSPS) is 14.9. The van der Waals surface area contributed by atoms with Crippen LogP contribution in [0.3, 0.4) is 0 Å². The summed E-state index contributed by atoms with van der Waals surface area (Å²) in [6, 6.07) is 7.67. The van der Waals surface area contributed by atoms with Gasteiger partial charge in [-0.1, -0.05) is 31.2 Å². The molecule has 0 saturated heterocycles. The highest BCUT2D eigenvalue weighted by atomic mass is 31.2. The van der Waals surface area contributed by atoms with Crippen molar-refractivity contribution in [1.82, 2.24) is 0 Å². The van der Waals surface area contributed by atoms with Gasteiger partial charge >= 0.3 is 7.82 Å². The molecule has 0 heterocycles. The van der Waals surface area contributed by atoms with Gasteiger partial charge in [-0.15, -0.1) is 0 Å². The lowest BCUT2D eigenvalue weighted by molar-refractivity contribution is 0.166. The van der Waals surface area contributed by atoms with Gasteiger partial charge in [-0.3, -0.25) is 9.05 Å². The highest BCUT2D eigenvalue weighted by Crippen LogP contribution is 2.42. The molecule has 0 fully saturated rings. The third kappa shape index (κ3) is 4.14. The number of phosphoric acid groups is 1. The fourth-order valence-corrected chi connectivity index (χ4v) is 1.50. The fraction of sp³-hybridized carbons (Fsp3) is 0.400. The van der Waals surface area contributed by atoms with Crippen molar-refractivity contribution in [3.05, 3.63) is 35.4 Å². The quantitative estimate of drug-likeness (QED) is 0.789.